The molecule has 1 atom stereocenters. The Morgan fingerprint density at radius 3 is 2.19 bits per heavy atom. The minimum absolute atomic E-state index is 0.223. The van der Waals surface area contributed by atoms with Gasteiger partial charge in [-0.25, -0.2) is 0 Å². The number of hydrogen-bond acceptors (Lipinski definition) is 4. The summed E-state index contributed by atoms with van der Waals surface area (Å²) < 4.78 is 0. The van der Waals surface area contributed by atoms with Crippen LogP contribution in [-0.2, 0) is 4.79 Å². The lowest BCUT2D eigenvalue weighted by Gasteiger charge is -2.07. The Hall–Kier alpha value is -1.59. The van der Waals surface area contributed by atoms with Gasteiger partial charge in [0.25, 0.3) is 0 Å². The number of hydrogen-bond donors (Lipinski definition) is 2. The average molecular weight is 224 g/mol. The van der Waals surface area contributed by atoms with Crippen LogP contribution in [0.5, 0.6) is 0 Å². The van der Waals surface area contributed by atoms with E-state index in [0.717, 1.165) is 19.3 Å². The number of nitrogens with zero attached hydrogens (tertiary/aromatic N) is 2. The van der Waals surface area contributed by atoms with Gasteiger partial charge in [0.05, 0.1) is 24.7 Å². The van der Waals surface area contributed by atoms with E-state index in [2.05, 4.69) is 0 Å². The second kappa shape index (κ2) is 8.70. The molecule has 5 heteroatoms. The highest BCUT2D eigenvalue weighted by Gasteiger charge is 2.09. The number of carboxylic acids is 1. The summed E-state index contributed by atoms with van der Waals surface area (Å²) in [6.45, 7) is 0. The quantitative estimate of drug-likeness (QED) is 0.607. The highest BCUT2D eigenvalue weighted by Crippen LogP contribution is 2.11. The molecule has 88 valence electrons. The Kier molecular flexibility index (Phi) is 7.83. The van der Waals surface area contributed by atoms with Crippen LogP contribution in [0.4, 0.5) is 0 Å². The topological polar surface area (TPSA) is 105 Å². The predicted molar refractivity (Wildman–Crippen MR) is 56.1 cm³/mol. The van der Waals surface area contributed by atoms with Gasteiger partial charge in [0.15, 0.2) is 0 Å². The molecule has 0 aliphatic carbocycles. The molecule has 0 fully saturated rings. The lowest BCUT2D eigenvalue weighted by atomic mass is 10.0. The number of unbranched alkanes of at least 4 members (excludes halogenated alkanes) is 2. The van der Waals surface area contributed by atoms with E-state index in [1.807, 2.05) is 12.1 Å². The number of aliphatic carboxylic acids is 1. The smallest absolute Gasteiger partial charge is 0.305 e. The Morgan fingerprint density at radius 2 is 1.69 bits per heavy atom. The summed E-state index contributed by atoms with van der Waals surface area (Å²) in [6.07, 6.45) is 2.26. The zero-order valence-corrected chi connectivity index (χ0v) is 9.09. The molecule has 0 saturated carbocycles. The average Bonchev–Trinajstić information content (AvgIpc) is 2.22. The van der Waals surface area contributed by atoms with Gasteiger partial charge < -0.3 is 10.2 Å². The van der Waals surface area contributed by atoms with Crippen LogP contribution in [0, 0.1) is 28.6 Å². The van der Waals surface area contributed by atoms with Gasteiger partial charge in [-0.15, -0.1) is 0 Å². The molecule has 0 spiro atoms. The van der Waals surface area contributed by atoms with Crippen LogP contribution in [0.1, 0.15) is 38.5 Å². The molecule has 0 saturated heterocycles. The Morgan fingerprint density at radius 1 is 1.12 bits per heavy atom. The summed E-state index contributed by atoms with van der Waals surface area (Å²) in [5.74, 6) is -1.55. The van der Waals surface area contributed by atoms with Gasteiger partial charge in [-0.05, 0) is 12.8 Å². The largest absolute Gasteiger partial charge is 0.481 e. The fraction of sp³-hybridized carbons (Fsp3) is 0.727. The van der Waals surface area contributed by atoms with Gasteiger partial charge >= 0.3 is 5.97 Å². The molecular weight excluding hydrogens is 208 g/mol. The van der Waals surface area contributed by atoms with Crippen LogP contribution in [0.15, 0.2) is 0 Å². The normalized spacial score (nSPS) is 11.8. The maximum absolute atomic E-state index is 10.2. The fourth-order valence-electron chi connectivity index (χ4n) is 1.37. The first kappa shape index (κ1) is 14.4. The van der Waals surface area contributed by atoms with Crippen molar-refractivity contribution < 1.29 is 15.0 Å². The molecule has 0 aliphatic heterocycles. The molecule has 0 aliphatic rings. The third-order valence-corrected chi connectivity index (χ3v) is 2.25. The molecule has 5 nitrogen and oxygen atoms in total. The van der Waals surface area contributed by atoms with E-state index in [9.17, 15) is 9.90 Å². The summed E-state index contributed by atoms with van der Waals surface area (Å²) in [4.78, 5) is 10.2. The van der Waals surface area contributed by atoms with Gasteiger partial charge in [-0.2, -0.15) is 10.5 Å². The lowest BCUT2D eigenvalue weighted by Crippen LogP contribution is -2.12. The maximum atomic E-state index is 10.2. The maximum Gasteiger partial charge on any atom is 0.305 e. The van der Waals surface area contributed by atoms with Crippen LogP contribution in [-0.4, -0.2) is 22.3 Å². The van der Waals surface area contributed by atoms with Crippen molar-refractivity contribution in [3.63, 3.8) is 0 Å². The summed E-state index contributed by atoms with van der Waals surface area (Å²) >= 11 is 0. The first-order chi connectivity index (χ1) is 7.60. The zero-order valence-electron chi connectivity index (χ0n) is 9.09. The lowest BCUT2D eigenvalue weighted by molar-refractivity contribution is -0.139. The predicted octanol–water partition coefficient (Wildman–Crippen LogP) is 1.44. The van der Waals surface area contributed by atoms with E-state index in [1.165, 1.54) is 0 Å². The number of aliphatic hydroxyl groups is 1. The minimum Gasteiger partial charge on any atom is -0.481 e. The van der Waals surface area contributed by atoms with Crippen molar-refractivity contribution in [1.29, 1.82) is 10.5 Å². The van der Waals surface area contributed by atoms with Crippen molar-refractivity contribution in [1.82, 2.24) is 0 Å². The van der Waals surface area contributed by atoms with E-state index in [-0.39, 0.29) is 6.42 Å². The van der Waals surface area contributed by atoms with E-state index < -0.39 is 18.0 Å². The molecule has 0 aromatic carbocycles. The molecule has 0 aromatic rings. The minimum atomic E-state index is -0.999. The van der Waals surface area contributed by atoms with Crippen molar-refractivity contribution >= 4 is 5.97 Å². The number of carboxylic acid groups (broad SMARTS) is 1. The Labute approximate surface area is 94.9 Å². The van der Waals surface area contributed by atoms with Crippen LogP contribution in [0.2, 0.25) is 0 Å². The standard InChI is InChI=1S/C11H16N2O3/c12-7-9(8-13)4-2-1-3-5-10(14)6-11(15)16/h9-10,14H,1-6H2,(H,15,16). The van der Waals surface area contributed by atoms with Gasteiger partial charge in [0.1, 0.15) is 5.92 Å². The van der Waals surface area contributed by atoms with E-state index in [1.54, 1.807) is 0 Å². The van der Waals surface area contributed by atoms with Crippen LogP contribution < -0.4 is 0 Å². The Balaban J connectivity index is 3.44. The molecule has 2 N–H and O–H groups in total. The number of aliphatic hydroxyl groups excluding tert-OH is 1. The van der Waals surface area contributed by atoms with Crippen molar-refractivity contribution in [2.75, 3.05) is 0 Å². The van der Waals surface area contributed by atoms with Crippen molar-refractivity contribution in [2.45, 2.75) is 44.6 Å². The van der Waals surface area contributed by atoms with E-state index in [4.69, 9.17) is 15.6 Å². The van der Waals surface area contributed by atoms with Crippen LogP contribution in [0.3, 0.4) is 0 Å². The van der Waals surface area contributed by atoms with E-state index >= 15 is 0 Å². The third-order valence-electron chi connectivity index (χ3n) is 2.25. The molecule has 0 heterocycles. The summed E-state index contributed by atoms with van der Waals surface area (Å²) in [5, 5.41) is 34.6. The second-order valence-corrected chi connectivity index (χ2v) is 3.70. The van der Waals surface area contributed by atoms with Gasteiger partial charge in [0.2, 0.25) is 0 Å². The van der Waals surface area contributed by atoms with Crippen molar-refractivity contribution in [3.8, 4) is 12.1 Å². The fourth-order valence-corrected chi connectivity index (χ4v) is 1.37. The van der Waals surface area contributed by atoms with Crippen molar-refractivity contribution in [3.05, 3.63) is 0 Å². The van der Waals surface area contributed by atoms with Gasteiger partial charge in [0, 0.05) is 0 Å². The first-order valence-corrected chi connectivity index (χ1v) is 5.29. The Bertz CT molecular complexity index is 277. The molecule has 1 unspecified atom stereocenters. The molecule has 0 bridgehead atoms. The zero-order chi connectivity index (χ0) is 12.4. The molecule has 0 radical (unpaired) electrons. The summed E-state index contributed by atoms with van der Waals surface area (Å²) in [7, 11) is 0. The van der Waals surface area contributed by atoms with Gasteiger partial charge in [-0.1, -0.05) is 19.3 Å². The molecule has 16 heavy (non-hydrogen) atoms. The molecule has 0 amide bonds. The number of rotatable bonds is 8. The highest BCUT2D eigenvalue weighted by atomic mass is 16.4. The SMILES string of the molecule is N#CC(C#N)CCCCCC(O)CC(=O)O. The monoisotopic (exact) mass is 224 g/mol. The van der Waals surface area contributed by atoms with Crippen molar-refractivity contribution in [2.24, 2.45) is 5.92 Å². The van der Waals surface area contributed by atoms with E-state index in [0.29, 0.717) is 12.8 Å². The summed E-state index contributed by atoms with van der Waals surface area (Å²) in [5.41, 5.74) is 0. The van der Waals surface area contributed by atoms with Gasteiger partial charge in [-0.3, -0.25) is 4.79 Å². The van der Waals surface area contributed by atoms with Crippen LogP contribution >= 0.6 is 0 Å². The summed E-state index contributed by atoms with van der Waals surface area (Å²) in [6, 6.07) is 3.78. The second-order valence-electron chi connectivity index (χ2n) is 3.70. The number of nitriles is 2. The number of carbonyl (C=O) groups is 1. The molecule has 0 rings (SSSR count). The first-order valence-electron chi connectivity index (χ1n) is 5.29. The highest BCUT2D eigenvalue weighted by molar-refractivity contribution is 5.67. The molecular formula is C11H16N2O3. The third kappa shape index (κ3) is 7.78. The van der Waals surface area contributed by atoms with Crippen LogP contribution in [0.25, 0.3) is 0 Å². The molecule has 0 aromatic heterocycles.